The molecule has 0 aliphatic carbocycles. The maximum Gasteiger partial charge on any atom is 0.307 e. The quantitative estimate of drug-likeness (QED) is 0.525. The molecule has 0 amide bonds. The second-order valence-electron chi connectivity index (χ2n) is 7.87. The molecule has 0 aliphatic heterocycles. The Balaban J connectivity index is 1.79. The van der Waals surface area contributed by atoms with Crippen LogP contribution in [0.25, 0.3) is 0 Å². The summed E-state index contributed by atoms with van der Waals surface area (Å²) in [7, 11) is -3.69. The summed E-state index contributed by atoms with van der Waals surface area (Å²) in [5.41, 5.74) is 2.50. The number of esters is 1. The first-order chi connectivity index (χ1) is 13.5. The number of rotatable bonds is 8. The van der Waals surface area contributed by atoms with Crippen LogP contribution in [0.1, 0.15) is 48.7 Å². The molecule has 0 heterocycles. The van der Waals surface area contributed by atoms with Crippen LogP contribution in [0, 0.1) is 6.92 Å². The van der Waals surface area contributed by atoms with Gasteiger partial charge in [0.1, 0.15) is 0 Å². The van der Waals surface area contributed by atoms with Gasteiger partial charge in [-0.05, 0) is 30.0 Å². The van der Waals surface area contributed by atoms with Gasteiger partial charge < -0.3 is 4.74 Å². The number of benzene rings is 2. The zero-order valence-electron chi connectivity index (χ0n) is 17.2. The van der Waals surface area contributed by atoms with Gasteiger partial charge >= 0.3 is 5.97 Å². The minimum atomic E-state index is -3.69. The number of hydrogen-bond donors (Lipinski definition) is 1. The predicted molar refractivity (Wildman–Crippen MR) is 111 cm³/mol. The lowest BCUT2D eigenvalue weighted by Crippen LogP contribution is -2.27. The molecule has 2 aromatic rings. The molecule has 2 rings (SSSR count). The molecule has 6 nitrogen and oxygen atoms in total. The largest absolute Gasteiger partial charge is 0.457 e. The molecule has 0 saturated carbocycles. The van der Waals surface area contributed by atoms with E-state index in [1.165, 1.54) is 12.1 Å². The summed E-state index contributed by atoms with van der Waals surface area (Å²) in [6.45, 7) is 7.62. The van der Waals surface area contributed by atoms with E-state index in [4.69, 9.17) is 4.74 Å². The van der Waals surface area contributed by atoms with Crippen LogP contribution >= 0.6 is 0 Å². The van der Waals surface area contributed by atoms with Crippen molar-refractivity contribution in [2.75, 3.05) is 13.2 Å². The van der Waals surface area contributed by atoms with Crippen molar-refractivity contribution < 1.29 is 22.7 Å². The summed E-state index contributed by atoms with van der Waals surface area (Å²) >= 11 is 0. The molecular formula is C22H27NO5S. The fourth-order valence-corrected chi connectivity index (χ4v) is 3.58. The van der Waals surface area contributed by atoms with Gasteiger partial charge in [-0.2, -0.15) is 0 Å². The zero-order chi connectivity index (χ0) is 21.7. The van der Waals surface area contributed by atoms with Gasteiger partial charge in [0, 0.05) is 12.1 Å². The number of ether oxygens (including phenoxy) is 1. The van der Waals surface area contributed by atoms with E-state index < -0.39 is 16.0 Å². The van der Waals surface area contributed by atoms with Gasteiger partial charge in [0.2, 0.25) is 10.0 Å². The van der Waals surface area contributed by atoms with Crippen LogP contribution in [0.15, 0.2) is 53.4 Å². The van der Waals surface area contributed by atoms with Crippen molar-refractivity contribution in [1.82, 2.24) is 4.72 Å². The Morgan fingerprint density at radius 3 is 2.10 bits per heavy atom. The monoisotopic (exact) mass is 417 g/mol. The van der Waals surface area contributed by atoms with E-state index in [-0.39, 0.29) is 35.7 Å². The van der Waals surface area contributed by atoms with Gasteiger partial charge in [-0.15, -0.1) is 0 Å². The summed E-state index contributed by atoms with van der Waals surface area (Å²) < 4.78 is 31.6. The smallest absolute Gasteiger partial charge is 0.307 e. The molecular weight excluding hydrogens is 390 g/mol. The second-order valence-corrected chi connectivity index (χ2v) is 9.64. The Kier molecular flexibility index (Phi) is 7.32. The maximum absolute atomic E-state index is 12.2. The number of ketones is 1. The summed E-state index contributed by atoms with van der Waals surface area (Å²) in [6, 6.07) is 13.6. The van der Waals surface area contributed by atoms with Crippen LogP contribution < -0.4 is 4.72 Å². The van der Waals surface area contributed by atoms with Crippen LogP contribution in [0.3, 0.4) is 0 Å². The highest BCUT2D eigenvalue weighted by Crippen LogP contribution is 2.22. The minimum Gasteiger partial charge on any atom is -0.457 e. The molecule has 0 atom stereocenters. The second kappa shape index (κ2) is 9.33. The molecule has 0 unspecified atom stereocenters. The third-order valence-electron chi connectivity index (χ3n) is 4.39. The summed E-state index contributed by atoms with van der Waals surface area (Å²) in [6.07, 6.45) is -0.165. The Bertz CT molecular complexity index is 956. The third kappa shape index (κ3) is 6.80. The lowest BCUT2D eigenvalue weighted by molar-refractivity contribution is -0.142. The van der Waals surface area contributed by atoms with E-state index in [0.717, 1.165) is 11.1 Å². The van der Waals surface area contributed by atoms with Crippen LogP contribution in [-0.2, 0) is 25.0 Å². The lowest BCUT2D eigenvalue weighted by Gasteiger charge is -2.18. The van der Waals surface area contributed by atoms with Crippen molar-refractivity contribution in [2.24, 2.45) is 0 Å². The third-order valence-corrected chi connectivity index (χ3v) is 5.87. The van der Waals surface area contributed by atoms with Crippen molar-refractivity contribution in [1.29, 1.82) is 0 Å². The number of Topliss-reactive ketones (excluding diaryl/α,β-unsaturated/α-hetero) is 1. The van der Waals surface area contributed by atoms with Crippen molar-refractivity contribution in [3.8, 4) is 0 Å². The van der Waals surface area contributed by atoms with Gasteiger partial charge in [0.15, 0.2) is 12.4 Å². The average Bonchev–Trinajstić information content (AvgIpc) is 2.65. The van der Waals surface area contributed by atoms with E-state index in [2.05, 4.69) is 25.5 Å². The normalized spacial score (nSPS) is 11.9. The molecule has 0 spiro atoms. The van der Waals surface area contributed by atoms with E-state index in [1.54, 1.807) is 24.3 Å². The van der Waals surface area contributed by atoms with Crippen LogP contribution in [0.4, 0.5) is 0 Å². The number of nitrogens with one attached hydrogen (secondary N) is 1. The Morgan fingerprint density at radius 2 is 1.55 bits per heavy atom. The van der Waals surface area contributed by atoms with Gasteiger partial charge in [0.25, 0.3) is 0 Å². The van der Waals surface area contributed by atoms with Crippen molar-refractivity contribution >= 4 is 21.8 Å². The topological polar surface area (TPSA) is 89.5 Å². The number of aryl methyl sites for hydroxylation is 1. The first-order valence-electron chi connectivity index (χ1n) is 9.35. The first-order valence-corrected chi connectivity index (χ1v) is 10.8. The standard InChI is InChI=1S/C22H27NO5S/c1-16-5-11-19(12-6-16)29(26,27)23-14-13-21(25)28-15-20(24)17-7-9-18(10-8-17)22(2,3)4/h5-12,23H,13-15H2,1-4H3. The highest BCUT2D eigenvalue weighted by Gasteiger charge is 2.16. The van der Waals surface area contributed by atoms with E-state index in [0.29, 0.717) is 5.56 Å². The van der Waals surface area contributed by atoms with Crippen molar-refractivity contribution in [2.45, 2.75) is 44.4 Å². The average molecular weight is 418 g/mol. The molecule has 0 aliphatic rings. The Morgan fingerprint density at radius 1 is 0.966 bits per heavy atom. The number of carbonyl (C=O) groups excluding carboxylic acids is 2. The van der Waals surface area contributed by atoms with Gasteiger partial charge in [-0.25, -0.2) is 13.1 Å². The SMILES string of the molecule is Cc1ccc(S(=O)(=O)NCCC(=O)OCC(=O)c2ccc(C(C)(C)C)cc2)cc1. The van der Waals surface area contributed by atoms with Crippen molar-refractivity contribution in [3.05, 3.63) is 65.2 Å². The molecule has 0 saturated heterocycles. The van der Waals surface area contributed by atoms with Gasteiger partial charge in [-0.3, -0.25) is 9.59 Å². The Hall–Kier alpha value is -2.51. The van der Waals surface area contributed by atoms with Gasteiger partial charge in [-0.1, -0.05) is 62.7 Å². The zero-order valence-corrected chi connectivity index (χ0v) is 18.0. The molecule has 29 heavy (non-hydrogen) atoms. The molecule has 1 N–H and O–H groups in total. The number of carbonyl (C=O) groups is 2. The van der Waals surface area contributed by atoms with Crippen molar-refractivity contribution in [3.63, 3.8) is 0 Å². The molecule has 0 bridgehead atoms. The van der Waals surface area contributed by atoms with E-state index in [1.807, 2.05) is 19.1 Å². The lowest BCUT2D eigenvalue weighted by atomic mass is 9.86. The fraction of sp³-hybridized carbons (Fsp3) is 0.364. The number of sulfonamides is 1. The maximum atomic E-state index is 12.2. The molecule has 2 aromatic carbocycles. The van der Waals surface area contributed by atoms with Gasteiger partial charge in [0.05, 0.1) is 11.3 Å². The fourth-order valence-electron chi connectivity index (χ4n) is 2.55. The summed E-state index contributed by atoms with van der Waals surface area (Å²) in [5.74, 6) is -0.949. The molecule has 156 valence electrons. The Labute approximate surface area is 172 Å². The van der Waals surface area contributed by atoms with Crippen LogP contribution in [0.2, 0.25) is 0 Å². The highest BCUT2D eigenvalue weighted by molar-refractivity contribution is 7.89. The summed E-state index contributed by atoms with van der Waals surface area (Å²) in [5, 5.41) is 0. The number of hydrogen-bond acceptors (Lipinski definition) is 5. The summed E-state index contributed by atoms with van der Waals surface area (Å²) in [4.78, 5) is 24.1. The van der Waals surface area contributed by atoms with E-state index >= 15 is 0 Å². The van der Waals surface area contributed by atoms with Crippen LogP contribution in [0.5, 0.6) is 0 Å². The molecule has 0 radical (unpaired) electrons. The van der Waals surface area contributed by atoms with E-state index in [9.17, 15) is 18.0 Å². The molecule has 7 heteroatoms. The molecule has 0 fully saturated rings. The first kappa shape index (κ1) is 22.8. The van der Waals surface area contributed by atoms with Crippen LogP contribution in [-0.4, -0.2) is 33.3 Å². The highest BCUT2D eigenvalue weighted by atomic mass is 32.2. The molecule has 0 aromatic heterocycles. The minimum absolute atomic E-state index is 0.0139. The predicted octanol–water partition coefficient (Wildman–Crippen LogP) is 3.39.